The van der Waals surface area contributed by atoms with Crippen LogP contribution in [0.2, 0.25) is 0 Å². The Kier molecular flexibility index (Phi) is 3.97. The summed E-state index contributed by atoms with van der Waals surface area (Å²) >= 11 is 0. The molecule has 1 aliphatic carbocycles. The molecule has 2 rings (SSSR count). The van der Waals surface area contributed by atoms with Gasteiger partial charge in [0.25, 0.3) is 0 Å². The molecule has 0 amide bonds. The van der Waals surface area contributed by atoms with Crippen molar-refractivity contribution in [3.8, 4) is 0 Å². The average Bonchev–Trinajstić information content (AvgIpc) is 3.12. The molecule has 0 aliphatic heterocycles. The number of rotatable bonds is 6. The van der Waals surface area contributed by atoms with Crippen LogP contribution in [0.5, 0.6) is 0 Å². The van der Waals surface area contributed by atoms with Crippen LogP contribution in [0.25, 0.3) is 0 Å². The molecule has 1 aliphatic rings. The maximum absolute atomic E-state index is 14.0. The van der Waals surface area contributed by atoms with Gasteiger partial charge in [0.15, 0.2) is 0 Å². The van der Waals surface area contributed by atoms with E-state index in [1.54, 1.807) is 6.07 Å². The first-order valence-corrected chi connectivity index (χ1v) is 6.07. The van der Waals surface area contributed by atoms with E-state index in [-0.39, 0.29) is 12.4 Å². The quantitative estimate of drug-likeness (QED) is 0.788. The zero-order chi connectivity index (χ0) is 12.3. The van der Waals surface area contributed by atoms with E-state index < -0.39 is 0 Å². The summed E-state index contributed by atoms with van der Waals surface area (Å²) < 4.78 is 14.0. The van der Waals surface area contributed by atoms with Gasteiger partial charge < -0.3 is 15.3 Å². The van der Waals surface area contributed by atoms with Crippen molar-refractivity contribution >= 4 is 5.69 Å². The van der Waals surface area contributed by atoms with E-state index in [1.807, 2.05) is 18.0 Å². The molecule has 0 radical (unpaired) electrons. The lowest BCUT2D eigenvalue weighted by Crippen LogP contribution is -2.31. The first-order chi connectivity index (χ1) is 8.27. The lowest BCUT2D eigenvalue weighted by atomic mass is 10.1. The summed E-state index contributed by atoms with van der Waals surface area (Å²) in [6, 6.07) is 5.55. The van der Waals surface area contributed by atoms with Gasteiger partial charge in [0.05, 0.1) is 12.3 Å². The molecule has 2 N–H and O–H groups in total. The van der Waals surface area contributed by atoms with Crippen molar-refractivity contribution in [2.45, 2.75) is 25.4 Å². The summed E-state index contributed by atoms with van der Waals surface area (Å²) in [6.45, 7) is 1.20. The molecular formula is C13H19FN2O. The summed E-state index contributed by atoms with van der Waals surface area (Å²) in [6.07, 6.45) is 2.18. The standard InChI is InChI=1S/C13H19FN2O/c1-15-9-10-3-2-4-12(14)13(10)16(7-8-17)11-5-6-11/h2-4,11,15,17H,5-9H2,1H3. The van der Waals surface area contributed by atoms with Crippen LogP contribution < -0.4 is 10.2 Å². The normalized spacial score (nSPS) is 15.0. The Morgan fingerprint density at radius 3 is 2.82 bits per heavy atom. The van der Waals surface area contributed by atoms with Crippen molar-refractivity contribution in [3.63, 3.8) is 0 Å². The first-order valence-electron chi connectivity index (χ1n) is 6.07. The van der Waals surface area contributed by atoms with Gasteiger partial charge in [-0.15, -0.1) is 0 Å². The minimum absolute atomic E-state index is 0.0594. The van der Waals surface area contributed by atoms with Gasteiger partial charge in [-0.2, -0.15) is 0 Å². The lowest BCUT2D eigenvalue weighted by Gasteiger charge is -2.26. The third kappa shape index (κ3) is 2.76. The van der Waals surface area contributed by atoms with Gasteiger partial charge in [-0.3, -0.25) is 0 Å². The van der Waals surface area contributed by atoms with E-state index in [9.17, 15) is 4.39 Å². The summed E-state index contributed by atoms with van der Waals surface area (Å²) in [5.41, 5.74) is 1.60. The highest BCUT2D eigenvalue weighted by atomic mass is 19.1. The average molecular weight is 238 g/mol. The van der Waals surface area contributed by atoms with Crippen LogP contribution in [0.3, 0.4) is 0 Å². The Morgan fingerprint density at radius 2 is 2.24 bits per heavy atom. The van der Waals surface area contributed by atoms with Gasteiger partial charge in [-0.05, 0) is 31.5 Å². The van der Waals surface area contributed by atoms with Gasteiger partial charge in [-0.1, -0.05) is 12.1 Å². The molecule has 94 valence electrons. The minimum atomic E-state index is -0.196. The Hall–Kier alpha value is -1.13. The molecule has 1 saturated carbocycles. The van der Waals surface area contributed by atoms with Crippen LogP contribution in [-0.4, -0.2) is 31.3 Å². The summed E-state index contributed by atoms with van der Waals surface area (Å²) in [5, 5.41) is 12.2. The third-order valence-electron chi connectivity index (χ3n) is 3.05. The molecule has 17 heavy (non-hydrogen) atoms. The molecule has 0 heterocycles. The van der Waals surface area contributed by atoms with Crippen molar-refractivity contribution in [1.82, 2.24) is 5.32 Å². The van der Waals surface area contributed by atoms with Crippen LogP contribution in [0.4, 0.5) is 10.1 Å². The van der Waals surface area contributed by atoms with E-state index in [0.717, 1.165) is 18.4 Å². The fourth-order valence-electron chi connectivity index (χ4n) is 2.19. The van der Waals surface area contributed by atoms with Crippen molar-refractivity contribution in [3.05, 3.63) is 29.6 Å². The number of para-hydroxylation sites is 1. The van der Waals surface area contributed by atoms with Crippen molar-refractivity contribution < 1.29 is 9.50 Å². The van der Waals surface area contributed by atoms with Crippen molar-refractivity contribution in [2.75, 3.05) is 25.1 Å². The largest absolute Gasteiger partial charge is 0.395 e. The van der Waals surface area contributed by atoms with Gasteiger partial charge >= 0.3 is 0 Å². The van der Waals surface area contributed by atoms with E-state index >= 15 is 0 Å². The van der Waals surface area contributed by atoms with E-state index in [0.29, 0.717) is 24.8 Å². The van der Waals surface area contributed by atoms with Gasteiger partial charge in [0.2, 0.25) is 0 Å². The maximum atomic E-state index is 14.0. The second kappa shape index (κ2) is 5.47. The molecule has 0 aromatic heterocycles. The number of halogens is 1. The number of benzene rings is 1. The molecule has 0 spiro atoms. The van der Waals surface area contributed by atoms with E-state index in [1.165, 1.54) is 6.07 Å². The molecule has 4 heteroatoms. The number of aliphatic hydroxyl groups is 1. The molecule has 0 atom stereocenters. The molecule has 1 aromatic rings. The lowest BCUT2D eigenvalue weighted by molar-refractivity contribution is 0.301. The highest BCUT2D eigenvalue weighted by Gasteiger charge is 2.31. The van der Waals surface area contributed by atoms with Gasteiger partial charge in [-0.25, -0.2) is 4.39 Å². The van der Waals surface area contributed by atoms with Crippen LogP contribution in [-0.2, 0) is 6.54 Å². The van der Waals surface area contributed by atoms with Crippen LogP contribution in [0.1, 0.15) is 18.4 Å². The van der Waals surface area contributed by atoms with E-state index in [4.69, 9.17) is 5.11 Å². The fourth-order valence-corrected chi connectivity index (χ4v) is 2.19. The second-order valence-corrected chi connectivity index (χ2v) is 4.43. The zero-order valence-corrected chi connectivity index (χ0v) is 10.1. The number of nitrogens with one attached hydrogen (secondary N) is 1. The van der Waals surface area contributed by atoms with E-state index in [2.05, 4.69) is 5.32 Å². The van der Waals surface area contributed by atoms with Crippen molar-refractivity contribution in [2.24, 2.45) is 0 Å². The van der Waals surface area contributed by atoms with Crippen molar-refractivity contribution in [1.29, 1.82) is 0 Å². The molecule has 1 aromatic carbocycles. The predicted octanol–water partition coefficient (Wildman–Crippen LogP) is 1.51. The number of aliphatic hydroxyl groups excluding tert-OH is 1. The number of hydrogen-bond donors (Lipinski definition) is 2. The Bertz CT molecular complexity index is 380. The molecular weight excluding hydrogens is 219 g/mol. The molecule has 0 unspecified atom stereocenters. The van der Waals surface area contributed by atoms with Gasteiger partial charge in [0.1, 0.15) is 5.82 Å². The number of nitrogens with zero attached hydrogens (tertiary/aromatic N) is 1. The molecule has 1 fully saturated rings. The maximum Gasteiger partial charge on any atom is 0.146 e. The SMILES string of the molecule is CNCc1cccc(F)c1N(CCO)C1CC1. The predicted molar refractivity (Wildman–Crippen MR) is 66.6 cm³/mol. The highest BCUT2D eigenvalue weighted by Crippen LogP contribution is 2.35. The smallest absolute Gasteiger partial charge is 0.146 e. The Balaban J connectivity index is 2.32. The molecule has 0 saturated heterocycles. The Labute approximate surface area is 101 Å². The second-order valence-electron chi connectivity index (χ2n) is 4.43. The Morgan fingerprint density at radius 1 is 1.47 bits per heavy atom. The third-order valence-corrected chi connectivity index (χ3v) is 3.05. The number of anilines is 1. The van der Waals surface area contributed by atoms with Crippen LogP contribution >= 0.6 is 0 Å². The fraction of sp³-hybridized carbons (Fsp3) is 0.538. The molecule has 0 bridgehead atoms. The molecule has 3 nitrogen and oxygen atoms in total. The summed E-state index contributed by atoms with van der Waals surface area (Å²) in [5.74, 6) is -0.196. The number of hydrogen-bond acceptors (Lipinski definition) is 3. The highest BCUT2D eigenvalue weighted by molar-refractivity contribution is 5.56. The monoisotopic (exact) mass is 238 g/mol. The van der Waals surface area contributed by atoms with Crippen LogP contribution in [0.15, 0.2) is 18.2 Å². The summed E-state index contributed by atoms with van der Waals surface area (Å²) in [7, 11) is 1.85. The zero-order valence-electron chi connectivity index (χ0n) is 10.1. The van der Waals surface area contributed by atoms with Gasteiger partial charge in [0, 0.05) is 19.1 Å². The van der Waals surface area contributed by atoms with Crippen LogP contribution in [0, 0.1) is 5.82 Å². The first kappa shape index (κ1) is 12.3. The topological polar surface area (TPSA) is 35.5 Å². The minimum Gasteiger partial charge on any atom is -0.395 e. The summed E-state index contributed by atoms with van der Waals surface area (Å²) in [4.78, 5) is 2.00.